The molecule has 0 heterocycles. The van der Waals surface area contributed by atoms with Crippen LogP contribution in [0.5, 0.6) is 0 Å². The van der Waals surface area contributed by atoms with Crippen molar-refractivity contribution in [2.75, 3.05) is 0 Å². The molecule has 1 N–H and O–H groups in total. The van der Waals surface area contributed by atoms with Crippen molar-refractivity contribution in [1.82, 2.24) is 5.32 Å². The van der Waals surface area contributed by atoms with Crippen molar-refractivity contribution in [3.8, 4) is 0 Å². The lowest BCUT2D eigenvalue weighted by molar-refractivity contribution is 0.584. The van der Waals surface area contributed by atoms with Crippen LogP contribution in [-0.2, 0) is 6.54 Å². The van der Waals surface area contributed by atoms with Crippen LogP contribution >= 0.6 is 27.7 Å². The second-order valence-electron chi connectivity index (χ2n) is 4.85. The molecule has 0 aliphatic rings. The summed E-state index contributed by atoms with van der Waals surface area (Å²) in [6.07, 6.45) is 0. The van der Waals surface area contributed by atoms with Crippen molar-refractivity contribution in [3.05, 3.63) is 58.3 Å². The Morgan fingerprint density at radius 1 is 1.20 bits per heavy atom. The summed E-state index contributed by atoms with van der Waals surface area (Å²) in [5.74, 6) is -0.202. The first-order chi connectivity index (χ1) is 9.54. The molecule has 0 radical (unpaired) electrons. The first-order valence-corrected chi connectivity index (χ1v) is 8.11. The van der Waals surface area contributed by atoms with Crippen molar-refractivity contribution in [2.24, 2.45) is 0 Å². The van der Waals surface area contributed by atoms with Gasteiger partial charge in [0.05, 0.1) is 0 Å². The van der Waals surface area contributed by atoms with Crippen molar-refractivity contribution in [3.63, 3.8) is 0 Å². The summed E-state index contributed by atoms with van der Waals surface area (Å²) < 4.78 is 14.3. The van der Waals surface area contributed by atoms with Gasteiger partial charge in [0.1, 0.15) is 5.82 Å². The smallest absolute Gasteiger partial charge is 0.124 e. The van der Waals surface area contributed by atoms with Gasteiger partial charge in [-0.15, -0.1) is 0 Å². The minimum Gasteiger partial charge on any atom is -0.310 e. The first kappa shape index (κ1) is 15.5. The quantitative estimate of drug-likeness (QED) is 0.788. The van der Waals surface area contributed by atoms with Gasteiger partial charge in [-0.05, 0) is 35.9 Å². The maximum absolute atomic E-state index is 13.3. The minimum atomic E-state index is -0.202. The molecule has 20 heavy (non-hydrogen) atoms. The monoisotopic (exact) mass is 353 g/mol. The summed E-state index contributed by atoms with van der Waals surface area (Å²) in [6.45, 7) is 5.05. The normalized spacial score (nSPS) is 11.1. The van der Waals surface area contributed by atoms with E-state index in [0.29, 0.717) is 6.04 Å². The maximum atomic E-state index is 13.3. The zero-order valence-electron chi connectivity index (χ0n) is 11.5. The number of hydrogen-bond acceptors (Lipinski definition) is 2. The molecule has 0 aliphatic heterocycles. The van der Waals surface area contributed by atoms with Crippen LogP contribution < -0.4 is 5.32 Å². The number of rotatable bonds is 5. The van der Waals surface area contributed by atoms with E-state index in [1.54, 1.807) is 23.9 Å². The largest absolute Gasteiger partial charge is 0.310 e. The van der Waals surface area contributed by atoms with Crippen LogP contribution in [0.3, 0.4) is 0 Å². The molecule has 1 nitrogen and oxygen atoms in total. The summed E-state index contributed by atoms with van der Waals surface area (Å²) in [7, 11) is 0. The number of halogens is 2. The summed E-state index contributed by atoms with van der Waals surface area (Å²) >= 11 is 5.08. The van der Waals surface area contributed by atoms with Gasteiger partial charge in [-0.25, -0.2) is 4.39 Å². The fourth-order valence-electron chi connectivity index (χ4n) is 1.74. The molecular formula is C16H17BrFNS. The van der Waals surface area contributed by atoms with E-state index < -0.39 is 0 Å². The Balaban J connectivity index is 2.22. The molecule has 0 bridgehead atoms. The molecule has 0 aliphatic carbocycles. The van der Waals surface area contributed by atoms with Gasteiger partial charge in [-0.1, -0.05) is 53.7 Å². The van der Waals surface area contributed by atoms with Crippen molar-refractivity contribution in [2.45, 2.75) is 36.2 Å². The van der Waals surface area contributed by atoms with E-state index in [1.165, 1.54) is 11.6 Å². The van der Waals surface area contributed by atoms with E-state index in [-0.39, 0.29) is 5.82 Å². The Morgan fingerprint density at radius 2 is 2.00 bits per heavy atom. The van der Waals surface area contributed by atoms with Gasteiger partial charge in [0.15, 0.2) is 0 Å². The third-order valence-electron chi connectivity index (χ3n) is 2.75. The molecule has 2 aromatic carbocycles. The molecular weight excluding hydrogens is 337 g/mol. The molecule has 0 saturated heterocycles. The van der Waals surface area contributed by atoms with Gasteiger partial charge in [0, 0.05) is 26.9 Å². The van der Waals surface area contributed by atoms with E-state index in [4.69, 9.17) is 0 Å². The molecule has 0 amide bonds. The van der Waals surface area contributed by atoms with Crippen LogP contribution in [0.15, 0.2) is 56.7 Å². The molecule has 0 saturated carbocycles. The highest BCUT2D eigenvalue weighted by molar-refractivity contribution is 9.10. The Hall–Kier alpha value is -0.840. The van der Waals surface area contributed by atoms with E-state index in [2.05, 4.69) is 47.2 Å². The van der Waals surface area contributed by atoms with Crippen molar-refractivity contribution >= 4 is 27.7 Å². The lowest BCUT2D eigenvalue weighted by Gasteiger charge is -2.13. The molecule has 0 aromatic heterocycles. The fourth-order valence-corrected chi connectivity index (χ4v) is 3.28. The predicted octanol–water partition coefficient (Wildman–Crippen LogP) is 5.24. The molecule has 2 rings (SSSR count). The van der Waals surface area contributed by atoms with Gasteiger partial charge in [-0.2, -0.15) is 0 Å². The number of hydrogen-bond donors (Lipinski definition) is 1. The Bertz CT molecular complexity index is 586. The third-order valence-corrected chi connectivity index (χ3v) is 4.34. The highest BCUT2D eigenvalue weighted by Crippen LogP contribution is 2.33. The number of nitrogens with one attached hydrogen (secondary N) is 1. The zero-order chi connectivity index (χ0) is 14.5. The molecule has 0 unspecified atom stereocenters. The van der Waals surface area contributed by atoms with Crippen molar-refractivity contribution < 1.29 is 4.39 Å². The molecule has 0 fully saturated rings. The van der Waals surface area contributed by atoms with Gasteiger partial charge in [-0.3, -0.25) is 0 Å². The van der Waals surface area contributed by atoms with Crippen LogP contribution in [0.1, 0.15) is 19.4 Å². The van der Waals surface area contributed by atoms with E-state index >= 15 is 0 Å². The van der Waals surface area contributed by atoms with Crippen LogP contribution in [0.4, 0.5) is 4.39 Å². The average Bonchev–Trinajstić information content (AvgIpc) is 2.37. The second-order valence-corrected chi connectivity index (χ2v) is 6.88. The second kappa shape index (κ2) is 7.25. The predicted molar refractivity (Wildman–Crippen MR) is 86.6 cm³/mol. The molecule has 4 heteroatoms. The number of benzene rings is 2. The highest BCUT2D eigenvalue weighted by atomic mass is 79.9. The summed E-state index contributed by atoms with van der Waals surface area (Å²) in [5.41, 5.74) is 1.22. The Labute approximate surface area is 132 Å². The average molecular weight is 354 g/mol. The summed E-state index contributed by atoms with van der Waals surface area (Å²) in [6, 6.07) is 13.3. The minimum absolute atomic E-state index is 0.202. The molecule has 106 valence electrons. The first-order valence-electron chi connectivity index (χ1n) is 6.50. The molecule has 0 spiro atoms. The molecule has 2 aromatic rings. The van der Waals surface area contributed by atoms with E-state index in [1.807, 2.05) is 12.1 Å². The van der Waals surface area contributed by atoms with E-state index in [0.717, 1.165) is 20.8 Å². The van der Waals surface area contributed by atoms with Crippen LogP contribution in [0.2, 0.25) is 0 Å². The summed E-state index contributed by atoms with van der Waals surface area (Å²) in [4.78, 5) is 2.05. The SMILES string of the molecule is CC(C)NCc1ccc(Br)cc1Sc1cccc(F)c1. The lowest BCUT2D eigenvalue weighted by atomic mass is 10.2. The standard InChI is InChI=1S/C16H17BrFNS/c1-11(2)19-10-12-6-7-13(17)8-16(12)20-15-5-3-4-14(18)9-15/h3-9,11,19H,10H2,1-2H3. The third kappa shape index (κ3) is 4.62. The summed E-state index contributed by atoms with van der Waals surface area (Å²) in [5, 5.41) is 3.42. The topological polar surface area (TPSA) is 12.0 Å². The van der Waals surface area contributed by atoms with Crippen molar-refractivity contribution in [1.29, 1.82) is 0 Å². The Morgan fingerprint density at radius 3 is 2.70 bits per heavy atom. The lowest BCUT2D eigenvalue weighted by Crippen LogP contribution is -2.22. The van der Waals surface area contributed by atoms with Crippen LogP contribution in [0.25, 0.3) is 0 Å². The zero-order valence-corrected chi connectivity index (χ0v) is 13.9. The Kier molecular flexibility index (Phi) is 5.64. The fraction of sp³-hybridized carbons (Fsp3) is 0.250. The van der Waals surface area contributed by atoms with E-state index in [9.17, 15) is 4.39 Å². The van der Waals surface area contributed by atoms with Gasteiger partial charge in [0.25, 0.3) is 0 Å². The van der Waals surface area contributed by atoms with Crippen LogP contribution in [0, 0.1) is 5.82 Å². The van der Waals surface area contributed by atoms with Gasteiger partial charge >= 0.3 is 0 Å². The maximum Gasteiger partial charge on any atom is 0.124 e. The van der Waals surface area contributed by atoms with Gasteiger partial charge < -0.3 is 5.32 Å². The van der Waals surface area contributed by atoms with Gasteiger partial charge in [0.2, 0.25) is 0 Å². The highest BCUT2D eigenvalue weighted by Gasteiger charge is 2.07. The molecule has 0 atom stereocenters. The van der Waals surface area contributed by atoms with Crippen LogP contribution in [-0.4, -0.2) is 6.04 Å².